The van der Waals surface area contributed by atoms with E-state index in [1.54, 1.807) is 42.5 Å². The fourth-order valence-corrected chi connectivity index (χ4v) is 2.78. The number of nitrogens with one attached hydrogen (secondary N) is 1. The third-order valence-corrected chi connectivity index (χ3v) is 4.34. The molecule has 1 amide bonds. The zero-order valence-corrected chi connectivity index (χ0v) is 16.3. The predicted octanol–water partition coefficient (Wildman–Crippen LogP) is 5.19. The van der Waals surface area contributed by atoms with E-state index < -0.39 is 0 Å². The fourth-order valence-electron chi connectivity index (χ4n) is 2.65. The van der Waals surface area contributed by atoms with Crippen molar-refractivity contribution in [3.8, 4) is 17.2 Å². The number of carbonyl (C=O) groups excluding carboxylic acids is 1. The molecule has 3 aromatic rings. The highest BCUT2D eigenvalue weighted by Crippen LogP contribution is 2.29. The largest absolute Gasteiger partial charge is 0.496 e. The van der Waals surface area contributed by atoms with Crippen LogP contribution < -0.4 is 19.5 Å². The summed E-state index contributed by atoms with van der Waals surface area (Å²) in [7, 11) is 3.02. The van der Waals surface area contributed by atoms with Crippen molar-refractivity contribution in [1.82, 2.24) is 0 Å². The number of rotatable bonds is 7. The molecule has 144 valence electrons. The van der Waals surface area contributed by atoms with Crippen molar-refractivity contribution in [1.29, 1.82) is 0 Å². The lowest BCUT2D eigenvalue weighted by Gasteiger charge is -2.13. The number of ether oxygens (including phenoxy) is 3. The first-order valence-electron chi connectivity index (χ1n) is 8.60. The third-order valence-electron chi connectivity index (χ3n) is 4.09. The Morgan fingerprint density at radius 3 is 2.07 bits per heavy atom. The molecule has 0 fully saturated rings. The van der Waals surface area contributed by atoms with Gasteiger partial charge in [-0.15, -0.1) is 0 Å². The highest BCUT2D eigenvalue weighted by molar-refractivity contribution is 6.30. The molecule has 0 aliphatic heterocycles. The molecule has 5 nitrogen and oxygen atoms in total. The van der Waals surface area contributed by atoms with E-state index in [9.17, 15) is 4.79 Å². The zero-order chi connectivity index (χ0) is 19.9. The molecule has 0 saturated heterocycles. The van der Waals surface area contributed by atoms with E-state index in [1.165, 1.54) is 14.2 Å². The smallest absolute Gasteiger partial charge is 0.263 e. The Hall–Kier alpha value is -3.18. The summed E-state index contributed by atoms with van der Waals surface area (Å²) in [5.74, 6) is 1.27. The van der Waals surface area contributed by atoms with E-state index >= 15 is 0 Å². The first kappa shape index (κ1) is 19.6. The highest BCUT2D eigenvalue weighted by atomic mass is 35.5. The van der Waals surface area contributed by atoms with Crippen LogP contribution in [0.1, 0.15) is 15.9 Å². The summed E-state index contributed by atoms with van der Waals surface area (Å²) in [6, 6.07) is 19.8. The molecule has 0 radical (unpaired) electrons. The van der Waals surface area contributed by atoms with Crippen LogP contribution in [0.2, 0.25) is 5.02 Å². The summed E-state index contributed by atoms with van der Waals surface area (Å²) in [5, 5.41) is 3.54. The van der Waals surface area contributed by atoms with E-state index in [1.807, 2.05) is 24.3 Å². The van der Waals surface area contributed by atoms with Gasteiger partial charge in [-0.05, 0) is 54.1 Å². The van der Waals surface area contributed by atoms with Crippen LogP contribution in [-0.2, 0) is 6.61 Å². The molecule has 0 atom stereocenters. The molecule has 0 bridgehead atoms. The number of benzene rings is 3. The maximum atomic E-state index is 12.7. The van der Waals surface area contributed by atoms with Gasteiger partial charge in [-0.25, -0.2) is 0 Å². The minimum absolute atomic E-state index is 0.316. The number of carbonyl (C=O) groups is 1. The number of hydrogen-bond acceptors (Lipinski definition) is 4. The molecule has 0 heterocycles. The van der Waals surface area contributed by atoms with Crippen molar-refractivity contribution in [3.63, 3.8) is 0 Å². The topological polar surface area (TPSA) is 56.8 Å². The number of amides is 1. The normalized spacial score (nSPS) is 10.2. The molecule has 1 N–H and O–H groups in total. The number of hydrogen-bond donors (Lipinski definition) is 1. The van der Waals surface area contributed by atoms with Crippen molar-refractivity contribution in [2.45, 2.75) is 6.61 Å². The van der Waals surface area contributed by atoms with Crippen LogP contribution >= 0.6 is 11.6 Å². The summed E-state index contributed by atoms with van der Waals surface area (Å²) >= 11 is 5.88. The minimum Gasteiger partial charge on any atom is -0.496 e. The van der Waals surface area contributed by atoms with Gasteiger partial charge in [0.2, 0.25) is 0 Å². The minimum atomic E-state index is -0.316. The monoisotopic (exact) mass is 397 g/mol. The van der Waals surface area contributed by atoms with E-state index in [0.717, 1.165) is 5.56 Å². The summed E-state index contributed by atoms with van der Waals surface area (Å²) in [5.41, 5.74) is 2.00. The van der Waals surface area contributed by atoms with Crippen LogP contribution in [0.5, 0.6) is 17.2 Å². The average molecular weight is 398 g/mol. The number of halogens is 1. The van der Waals surface area contributed by atoms with Crippen molar-refractivity contribution in [2.75, 3.05) is 19.5 Å². The zero-order valence-electron chi connectivity index (χ0n) is 15.6. The molecule has 0 spiro atoms. The second kappa shape index (κ2) is 9.15. The summed E-state index contributed by atoms with van der Waals surface area (Å²) in [6.07, 6.45) is 0. The highest BCUT2D eigenvalue weighted by Gasteiger charge is 2.18. The first-order valence-corrected chi connectivity index (χ1v) is 8.98. The standard InChI is InChI=1S/C22H20ClNO4/c1-26-19-4-3-5-20(27-2)21(19)22(25)24-17-10-12-18(13-11-17)28-14-15-6-8-16(23)9-7-15/h3-13H,14H2,1-2H3,(H,24,25). The quantitative estimate of drug-likeness (QED) is 0.596. The molecule has 0 saturated carbocycles. The summed E-state index contributed by atoms with van der Waals surface area (Å²) in [6.45, 7) is 0.432. The SMILES string of the molecule is COc1cccc(OC)c1C(=O)Nc1ccc(OCc2ccc(Cl)cc2)cc1. The summed E-state index contributed by atoms with van der Waals surface area (Å²) in [4.78, 5) is 12.7. The average Bonchev–Trinajstić information content (AvgIpc) is 2.73. The van der Waals surface area contributed by atoms with Crippen LogP contribution in [0.25, 0.3) is 0 Å². The second-order valence-electron chi connectivity index (χ2n) is 5.93. The molecule has 0 aliphatic rings. The van der Waals surface area contributed by atoms with E-state index in [4.69, 9.17) is 25.8 Å². The predicted molar refractivity (Wildman–Crippen MR) is 110 cm³/mol. The number of anilines is 1. The Labute approximate surface area is 168 Å². The Balaban J connectivity index is 1.66. The molecule has 0 aliphatic carbocycles. The van der Waals surface area contributed by atoms with Crippen LogP contribution in [0.15, 0.2) is 66.7 Å². The molecule has 3 aromatic carbocycles. The van der Waals surface area contributed by atoms with Gasteiger partial charge in [0, 0.05) is 10.7 Å². The van der Waals surface area contributed by atoms with Gasteiger partial charge in [-0.3, -0.25) is 4.79 Å². The van der Waals surface area contributed by atoms with Crippen molar-refractivity contribution in [3.05, 3.63) is 82.9 Å². The molecule has 0 unspecified atom stereocenters. The van der Waals surface area contributed by atoms with Crippen molar-refractivity contribution in [2.24, 2.45) is 0 Å². The van der Waals surface area contributed by atoms with Gasteiger partial charge in [0.25, 0.3) is 5.91 Å². The Kier molecular flexibility index (Phi) is 6.40. The molecular formula is C22H20ClNO4. The molecule has 6 heteroatoms. The number of methoxy groups -OCH3 is 2. The summed E-state index contributed by atoms with van der Waals surface area (Å²) < 4.78 is 16.3. The van der Waals surface area contributed by atoms with Gasteiger partial charge >= 0.3 is 0 Å². The van der Waals surface area contributed by atoms with Gasteiger partial charge < -0.3 is 19.5 Å². The van der Waals surface area contributed by atoms with Crippen LogP contribution in [0.4, 0.5) is 5.69 Å². The fraction of sp³-hybridized carbons (Fsp3) is 0.136. The maximum Gasteiger partial charge on any atom is 0.263 e. The van der Waals surface area contributed by atoms with Crippen LogP contribution in [0, 0.1) is 0 Å². The molecular weight excluding hydrogens is 378 g/mol. The molecule has 28 heavy (non-hydrogen) atoms. The Morgan fingerprint density at radius 1 is 0.893 bits per heavy atom. The van der Waals surface area contributed by atoms with Crippen molar-refractivity contribution < 1.29 is 19.0 Å². The van der Waals surface area contributed by atoms with Crippen LogP contribution in [-0.4, -0.2) is 20.1 Å². The maximum absolute atomic E-state index is 12.7. The van der Waals surface area contributed by atoms with Crippen molar-refractivity contribution >= 4 is 23.2 Å². The van der Waals surface area contributed by atoms with Gasteiger partial charge in [0.15, 0.2) is 0 Å². The van der Waals surface area contributed by atoms with Gasteiger partial charge in [0.1, 0.15) is 29.4 Å². The lowest BCUT2D eigenvalue weighted by atomic mass is 10.1. The second-order valence-corrected chi connectivity index (χ2v) is 6.37. The first-order chi connectivity index (χ1) is 13.6. The van der Waals surface area contributed by atoms with Gasteiger partial charge in [0.05, 0.1) is 14.2 Å². The van der Waals surface area contributed by atoms with E-state index in [0.29, 0.717) is 40.1 Å². The van der Waals surface area contributed by atoms with E-state index in [2.05, 4.69) is 5.32 Å². The lowest BCUT2D eigenvalue weighted by molar-refractivity contribution is 0.102. The Morgan fingerprint density at radius 2 is 1.50 bits per heavy atom. The molecule has 0 aromatic heterocycles. The van der Waals surface area contributed by atoms with Gasteiger partial charge in [-0.2, -0.15) is 0 Å². The lowest BCUT2D eigenvalue weighted by Crippen LogP contribution is -2.14. The Bertz CT molecular complexity index is 918. The third kappa shape index (κ3) is 4.75. The van der Waals surface area contributed by atoms with Crippen LogP contribution in [0.3, 0.4) is 0 Å². The van der Waals surface area contributed by atoms with E-state index in [-0.39, 0.29) is 5.91 Å². The van der Waals surface area contributed by atoms with Gasteiger partial charge in [-0.1, -0.05) is 29.8 Å². The molecule has 3 rings (SSSR count).